The number of ether oxygens (including phenoxy) is 2. The first-order valence-corrected chi connectivity index (χ1v) is 9.75. The molecule has 2 aromatic carbocycles. The summed E-state index contributed by atoms with van der Waals surface area (Å²) in [4.78, 5) is 29.4. The zero-order valence-electron chi connectivity index (χ0n) is 17.2. The Bertz CT molecular complexity index is 980. The van der Waals surface area contributed by atoms with E-state index in [0.717, 1.165) is 0 Å². The van der Waals surface area contributed by atoms with Crippen molar-refractivity contribution in [1.82, 2.24) is 10.2 Å². The number of carbonyl (C=O) groups excluding carboxylic acids is 2. The summed E-state index contributed by atoms with van der Waals surface area (Å²) in [5.41, 5.74) is 0.846. The maximum absolute atomic E-state index is 13.8. The van der Waals surface area contributed by atoms with E-state index in [1.165, 1.54) is 32.4 Å². The highest BCUT2D eigenvalue weighted by Crippen LogP contribution is 2.37. The minimum atomic E-state index is -0.652. The number of hydrogen-bond acceptors (Lipinski definition) is 5. The fraction of sp³-hybridized carbons (Fsp3) is 0.364. The molecule has 0 radical (unpaired) electrons. The van der Waals surface area contributed by atoms with Gasteiger partial charge in [0.15, 0.2) is 0 Å². The van der Waals surface area contributed by atoms with Crippen LogP contribution in [0.15, 0.2) is 36.4 Å². The molecule has 0 bridgehead atoms. The van der Waals surface area contributed by atoms with E-state index in [0.29, 0.717) is 54.2 Å². The standard InChI is InChI=1S/C22H24FN3O4/c1-25-19-12-15(23)4-5-18(19)20(27)24-22(25)6-8-26(9-7-22)21(28)14-10-16(29-2)13-17(11-14)30-3/h4-5,10-13H,6-9H2,1-3H3,(H,24,27). The first-order valence-electron chi connectivity index (χ1n) is 9.75. The van der Waals surface area contributed by atoms with Gasteiger partial charge in [0, 0.05) is 44.6 Å². The summed E-state index contributed by atoms with van der Waals surface area (Å²) in [6, 6.07) is 9.25. The van der Waals surface area contributed by atoms with Crippen LogP contribution in [0.4, 0.5) is 10.1 Å². The van der Waals surface area contributed by atoms with Crippen molar-refractivity contribution in [3.63, 3.8) is 0 Å². The van der Waals surface area contributed by atoms with E-state index in [1.807, 2.05) is 11.9 Å². The van der Waals surface area contributed by atoms with Gasteiger partial charge in [-0.05, 0) is 30.3 Å². The molecule has 1 spiro atoms. The van der Waals surface area contributed by atoms with Crippen LogP contribution in [0.25, 0.3) is 0 Å². The molecule has 30 heavy (non-hydrogen) atoms. The number of nitrogens with zero attached hydrogens (tertiary/aromatic N) is 2. The zero-order chi connectivity index (χ0) is 21.5. The fourth-order valence-electron chi connectivity index (χ4n) is 4.22. The van der Waals surface area contributed by atoms with Crippen LogP contribution in [0.1, 0.15) is 33.6 Å². The number of piperidine rings is 1. The molecule has 2 heterocycles. The number of halogens is 1. The monoisotopic (exact) mass is 413 g/mol. The quantitative estimate of drug-likeness (QED) is 0.838. The number of rotatable bonds is 3. The minimum Gasteiger partial charge on any atom is -0.497 e. The minimum absolute atomic E-state index is 0.127. The predicted molar refractivity (Wildman–Crippen MR) is 110 cm³/mol. The number of methoxy groups -OCH3 is 2. The number of nitrogens with one attached hydrogen (secondary N) is 1. The lowest BCUT2D eigenvalue weighted by Gasteiger charge is -2.51. The van der Waals surface area contributed by atoms with Crippen molar-refractivity contribution in [2.24, 2.45) is 0 Å². The van der Waals surface area contributed by atoms with Gasteiger partial charge in [0.1, 0.15) is 23.0 Å². The van der Waals surface area contributed by atoms with Crippen LogP contribution in [-0.4, -0.2) is 56.7 Å². The van der Waals surface area contributed by atoms with Crippen LogP contribution in [0, 0.1) is 5.82 Å². The van der Waals surface area contributed by atoms with E-state index >= 15 is 0 Å². The second-order valence-corrected chi connectivity index (χ2v) is 7.60. The lowest BCUT2D eigenvalue weighted by molar-refractivity contribution is 0.0608. The maximum Gasteiger partial charge on any atom is 0.255 e. The number of carbonyl (C=O) groups is 2. The highest BCUT2D eigenvalue weighted by molar-refractivity contribution is 6.02. The van der Waals surface area contributed by atoms with Gasteiger partial charge in [0.05, 0.1) is 25.5 Å². The molecule has 2 amide bonds. The van der Waals surface area contributed by atoms with Crippen molar-refractivity contribution < 1.29 is 23.5 Å². The van der Waals surface area contributed by atoms with Gasteiger partial charge in [-0.1, -0.05) is 0 Å². The number of likely N-dealkylation sites (tertiary alicyclic amines) is 1. The molecule has 0 saturated carbocycles. The Morgan fingerprint density at radius 1 is 1.07 bits per heavy atom. The largest absolute Gasteiger partial charge is 0.497 e. The average molecular weight is 413 g/mol. The van der Waals surface area contributed by atoms with E-state index in [1.54, 1.807) is 23.1 Å². The number of amides is 2. The third-order valence-electron chi connectivity index (χ3n) is 6.03. The fourth-order valence-corrected chi connectivity index (χ4v) is 4.22. The van der Waals surface area contributed by atoms with Crippen LogP contribution in [0.5, 0.6) is 11.5 Å². The van der Waals surface area contributed by atoms with Gasteiger partial charge in [-0.25, -0.2) is 4.39 Å². The molecule has 1 N–H and O–H groups in total. The molecule has 0 aromatic heterocycles. The molecule has 2 aliphatic heterocycles. The molecule has 158 valence electrons. The molecule has 0 unspecified atom stereocenters. The Kier molecular flexibility index (Phi) is 5.01. The Labute approximate surface area is 174 Å². The Hall–Kier alpha value is -3.29. The smallest absolute Gasteiger partial charge is 0.255 e. The summed E-state index contributed by atoms with van der Waals surface area (Å²) in [5, 5.41) is 3.08. The van der Waals surface area contributed by atoms with Gasteiger partial charge in [-0.3, -0.25) is 9.59 Å². The number of benzene rings is 2. The lowest BCUT2D eigenvalue weighted by Crippen LogP contribution is -2.67. The third-order valence-corrected chi connectivity index (χ3v) is 6.03. The van der Waals surface area contributed by atoms with Crippen LogP contribution in [0.2, 0.25) is 0 Å². The normalized spacial score (nSPS) is 17.4. The van der Waals surface area contributed by atoms with Crippen molar-refractivity contribution in [3.8, 4) is 11.5 Å². The second kappa shape index (κ2) is 7.51. The van der Waals surface area contributed by atoms with Crippen molar-refractivity contribution >= 4 is 17.5 Å². The lowest BCUT2D eigenvalue weighted by atomic mass is 9.90. The summed E-state index contributed by atoms with van der Waals surface area (Å²) in [6.07, 6.45) is 1.05. The van der Waals surface area contributed by atoms with Gasteiger partial charge in [0.25, 0.3) is 11.8 Å². The third kappa shape index (κ3) is 3.32. The molecule has 0 atom stereocenters. The molecular formula is C22H24FN3O4. The van der Waals surface area contributed by atoms with Gasteiger partial charge in [-0.15, -0.1) is 0 Å². The highest BCUT2D eigenvalue weighted by atomic mass is 19.1. The molecule has 8 heteroatoms. The van der Waals surface area contributed by atoms with Crippen molar-refractivity contribution in [2.45, 2.75) is 18.5 Å². The molecule has 7 nitrogen and oxygen atoms in total. The van der Waals surface area contributed by atoms with Crippen LogP contribution in [0.3, 0.4) is 0 Å². The molecule has 4 rings (SSSR count). The summed E-state index contributed by atoms with van der Waals surface area (Å²) in [6.45, 7) is 0.904. The zero-order valence-corrected chi connectivity index (χ0v) is 17.2. The first kappa shape index (κ1) is 20.0. The van der Waals surface area contributed by atoms with E-state index in [4.69, 9.17) is 9.47 Å². The summed E-state index contributed by atoms with van der Waals surface area (Å²) in [5.74, 6) is 0.358. The Balaban J connectivity index is 1.54. The van der Waals surface area contributed by atoms with E-state index < -0.39 is 5.66 Å². The number of hydrogen-bond donors (Lipinski definition) is 1. The second-order valence-electron chi connectivity index (χ2n) is 7.60. The predicted octanol–water partition coefficient (Wildman–Crippen LogP) is 2.66. The Morgan fingerprint density at radius 3 is 2.30 bits per heavy atom. The van der Waals surface area contributed by atoms with Crippen molar-refractivity contribution in [1.29, 1.82) is 0 Å². The molecule has 0 aliphatic carbocycles. The number of fused-ring (bicyclic) bond motifs is 1. The molecule has 1 saturated heterocycles. The van der Waals surface area contributed by atoms with Crippen molar-refractivity contribution in [3.05, 3.63) is 53.3 Å². The van der Waals surface area contributed by atoms with Gasteiger partial charge in [0.2, 0.25) is 0 Å². The van der Waals surface area contributed by atoms with Gasteiger partial charge < -0.3 is 24.6 Å². The Morgan fingerprint density at radius 2 is 1.70 bits per heavy atom. The van der Waals surface area contributed by atoms with Crippen LogP contribution < -0.4 is 19.7 Å². The van der Waals surface area contributed by atoms with E-state index in [9.17, 15) is 14.0 Å². The average Bonchev–Trinajstić information content (AvgIpc) is 2.77. The van der Waals surface area contributed by atoms with E-state index in [-0.39, 0.29) is 17.6 Å². The highest BCUT2D eigenvalue weighted by Gasteiger charge is 2.45. The van der Waals surface area contributed by atoms with E-state index in [2.05, 4.69) is 5.32 Å². The molecular weight excluding hydrogens is 389 g/mol. The van der Waals surface area contributed by atoms with Gasteiger partial charge in [-0.2, -0.15) is 0 Å². The molecule has 1 fully saturated rings. The summed E-state index contributed by atoms with van der Waals surface area (Å²) < 4.78 is 24.3. The van der Waals surface area contributed by atoms with Gasteiger partial charge >= 0.3 is 0 Å². The first-order chi connectivity index (χ1) is 14.4. The van der Waals surface area contributed by atoms with Crippen LogP contribution in [-0.2, 0) is 0 Å². The summed E-state index contributed by atoms with van der Waals surface area (Å²) >= 11 is 0. The number of anilines is 1. The maximum atomic E-state index is 13.8. The SMILES string of the molecule is COc1cc(OC)cc(C(=O)N2CCC3(CC2)NC(=O)c2ccc(F)cc2N3C)c1. The molecule has 2 aliphatic rings. The summed E-state index contributed by atoms with van der Waals surface area (Å²) in [7, 11) is 4.92. The van der Waals surface area contributed by atoms with Crippen LogP contribution >= 0.6 is 0 Å². The topological polar surface area (TPSA) is 71.1 Å². The molecule has 2 aromatic rings. The van der Waals surface area contributed by atoms with Crippen molar-refractivity contribution in [2.75, 3.05) is 39.3 Å².